The predicted molar refractivity (Wildman–Crippen MR) is 63.8 cm³/mol. The Bertz CT molecular complexity index is 227. The molecule has 0 radical (unpaired) electrons. The molecule has 17 heavy (non-hydrogen) atoms. The van der Waals surface area contributed by atoms with Crippen LogP contribution in [0.1, 0.15) is 47.0 Å². The van der Waals surface area contributed by atoms with Crippen molar-refractivity contribution >= 4 is 0 Å². The van der Waals surface area contributed by atoms with Gasteiger partial charge in [0.1, 0.15) is 6.04 Å². The van der Waals surface area contributed by atoms with E-state index in [0.29, 0.717) is 11.8 Å². The van der Waals surface area contributed by atoms with E-state index in [1.807, 2.05) is 13.8 Å². The molecule has 0 aromatic carbocycles. The molecule has 102 valence electrons. The number of piperidine rings is 1. The Morgan fingerprint density at radius 2 is 1.88 bits per heavy atom. The third-order valence-corrected chi connectivity index (χ3v) is 4.21. The highest BCUT2D eigenvalue weighted by atomic mass is 19.4. The Kier molecular flexibility index (Phi) is 4.87. The molecule has 1 nitrogen and oxygen atoms in total. The van der Waals surface area contributed by atoms with Gasteiger partial charge in [-0.25, -0.2) is 0 Å². The largest absolute Gasteiger partial charge is 0.403 e. The molecule has 0 bridgehead atoms. The lowest BCUT2D eigenvalue weighted by atomic mass is 9.75. The minimum Gasteiger partial charge on any atom is -0.303 e. The van der Waals surface area contributed by atoms with E-state index >= 15 is 0 Å². The molecule has 0 aromatic heterocycles. The zero-order chi connectivity index (χ0) is 13.2. The highest BCUT2D eigenvalue weighted by Crippen LogP contribution is 2.37. The number of rotatable bonds is 3. The fraction of sp³-hybridized carbons (Fsp3) is 1.00. The summed E-state index contributed by atoms with van der Waals surface area (Å²) in [6, 6.07) is -1.36. The van der Waals surface area contributed by atoms with Crippen molar-refractivity contribution in [2.45, 2.75) is 65.2 Å². The van der Waals surface area contributed by atoms with Crippen molar-refractivity contribution in [1.29, 1.82) is 0 Å². The molecule has 1 N–H and O–H groups in total. The molecule has 0 unspecified atom stereocenters. The van der Waals surface area contributed by atoms with Gasteiger partial charge in [-0.2, -0.15) is 13.2 Å². The van der Waals surface area contributed by atoms with Crippen LogP contribution in [0.4, 0.5) is 13.2 Å². The van der Waals surface area contributed by atoms with Gasteiger partial charge in [0.2, 0.25) is 0 Å². The topological polar surface area (TPSA) is 12.0 Å². The molecular weight excluding hydrogens is 227 g/mol. The standard InChI is InChI=1S/C13H24F3N/c1-5-8(2)6-11-9(3)7-12(13(14,15)16)17-10(11)4/h8-12,17H,5-7H2,1-4H3/t8-,9-,10+,11+,12+/m1/s1. The molecule has 0 saturated carbocycles. The monoisotopic (exact) mass is 251 g/mol. The molecule has 1 fully saturated rings. The zero-order valence-electron chi connectivity index (χ0n) is 11.1. The Hall–Kier alpha value is -0.250. The lowest BCUT2D eigenvalue weighted by molar-refractivity contribution is -0.170. The minimum absolute atomic E-state index is 0.0422. The van der Waals surface area contributed by atoms with Crippen molar-refractivity contribution < 1.29 is 13.2 Å². The number of halogens is 3. The second-order valence-corrected chi connectivity index (χ2v) is 5.68. The lowest BCUT2D eigenvalue weighted by Gasteiger charge is -2.41. The molecule has 1 saturated heterocycles. The summed E-state index contributed by atoms with van der Waals surface area (Å²) in [7, 11) is 0. The molecule has 5 atom stereocenters. The van der Waals surface area contributed by atoms with Gasteiger partial charge in [0.25, 0.3) is 0 Å². The van der Waals surface area contributed by atoms with Crippen LogP contribution in [-0.2, 0) is 0 Å². The van der Waals surface area contributed by atoms with Crippen LogP contribution in [0.3, 0.4) is 0 Å². The van der Waals surface area contributed by atoms with Gasteiger partial charge < -0.3 is 5.32 Å². The molecule has 1 aliphatic rings. The van der Waals surface area contributed by atoms with Gasteiger partial charge in [0.05, 0.1) is 0 Å². The van der Waals surface area contributed by atoms with Crippen LogP contribution < -0.4 is 5.32 Å². The fourth-order valence-corrected chi connectivity index (χ4v) is 2.84. The Balaban J connectivity index is 2.62. The summed E-state index contributed by atoms with van der Waals surface area (Å²) in [6.07, 6.45) is -1.77. The summed E-state index contributed by atoms with van der Waals surface area (Å²) in [6.45, 7) is 8.16. The fourth-order valence-electron chi connectivity index (χ4n) is 2.84. The summed E-state index contributed by atoms with van der Waals surface area (Å²) in [5.74, 6) is 1.10. The van der Waals surface area contributed by atoms with Crippen molar-refractivity contribution in [3.63, 3.8) is 0 Å². The number of alkyl halides is 3. The molecule has 1 rings (SSSR count). The first-order chi connectivity index (χ1) is 7.75. The molecule has 1 heterocycles. The molecule has 1 aliphatic heterocycles. The summed E-state index contributed by atoms with van der Waals surface area (Å²) in [4.78, 5) is 0. The molecule has 4 heteroatoms. The maximum Gasteiger partial charge on any atom is 0.403 e. The Labute approximate surface area is 102 Å². The SMILES string of the molecule is CC[C@@H](C)C[C@H]1[C@H](C)C[C@@H](C(F)(F)F)N[C@H]1C. The van der Waals surface area contributed by atoms with Gasteiger partial charge in [-0.3, -0.25) is 0 Å². The molecule has 0 aliphatic carbocycles. The van der Waals surface area contributed by atoms with Crippen LogP contribution in [0.15, 0.2) is 0 Å². The number of hydrogen-bond acceptors (Lipinski definition) is 1. The van der Waals surface area contributed by atoms with Gasteiger partial charge in [-0.1, -0.05) is 27.2 Å². The van der Waals surface area contributed by atoms with Crippen LogP contribution in [0.5, 0.6) is 0 Å². The van der Waals surface area contributed by atoms with Gasteiger partial charge in [0, 0.05) is 6.04 Å². The summed E-state index contributed by atoms with van der Waals surface area (Å²) in [5.41, 5.74) is 0. The average molecular weight is 251 g/mol. The van der Waals surface area contributed by atoms with E-state index in [0.717, 1.165) is 12.8 Å². The van der Waals surface area contributed by atoms with Crippen molar-refractivity contribution in [2.24, 2.45) is 17.8 Å². The second-order valence-electron chi connectivity index (χ2n) is 5.68. The van der Waals surface area contributed by atoms with Crippen LogP contribution in [0.25, 0.3) is 0 Å². The van der Waals surface area contributed by atoms with Crippen LogP contribution in [0, 0.1) is 17.8 Å². The van der Waals surface area contributed by atoms with E-state index in [2.05, 4.69) is 19.2 Å². The van der Waals surface area contributed by atoms with Gasteiger partial charge in [-0.05, 0) is 37.5 Å². The summed E-state index contributed by atoms with van der Waals surface area (Å²) < 4.78 is 38.0. The van der Waals surface area contributed by atoms with E-state index in [1.165, 1.54) is 0 Å². The number of hydrogen-bond donors (Lipinski definition) is 1. The van der Waals surface area contributed by atoms with Crippen molar-refractivity contribution in [2.75, 3.05) is 0 Å². The number of nitrogens with one attached hydrogen (secondary N) is 1. The van der Waals surface area contributed by atoms with Gasteiger partial charge in [0.15, 0.2) is 0 Å². The molecule has 0 aromatic rings. The third-order valence-electron chi connectivity index (χ3n) is 4.21. The van der Waals surface area contributed by atoms with E-state index in [1.54, 1.807) is 0 Å². The Morgan fingerprint density at radius 1 is 1.29 bits per heavy atom. The minimum atomic E-state index is -4.11. The van der Waals surface area contributed by atoms with Crippen molar-refractivity contribution in [3.05, 3.63) is 0 Å². The normalized spacial score (nSPS) is 36.9. The predicted octanol–water partition coefficient (Wildman–Crippen LogP) is 3.99. The molecular formula is C13H24F3N. The first-order valence-corrected chi connectivity index (χ1v) is 6.58. The van der Waals surface area contributed by atoms with E-state index in [4.69, 9.17) is 0 Å². The zero-order valence-corrected chi connectivity index (χ0v) is 11.1. The van der Waals surface area contributed by atoms with Crippen LogP contribution in [-0.4, -0.2) is 18.3 Å². The highest BCUT2D eigenvalue weighted by Gasteiger charge is 2.45. The maximum absolute atomic E-state index is 12.7. The van der Waals surface area contributed by atoms with Gasteiger partial charge >= 0.3 is 6.18 Å². The van der Waals surface area contributed by atoms with Crippen molar-refractivity contribution in [3.8, 4) is 0 Å². The quantitative estimate of drug-likeness (QED) is 0.799. The van der Waals surface area contributed by atoms with Crippen LogP contribution >= 0.6 is 0 Å². The van der Waals surface area contributed by atoms with E-state index in [9.17, 15) is 13.2 Å². The van der Waals surface area contributed by atoms with E-state index < -0.39 is 12.2 Å². The summed E-state index contributed by atoms with van der Waals surface area (Å²) in [5, 5.41) is 2.74. The molecule has 0 spiro atoms. The average Bonchev–Trinajstić information content (AvgIpc) is 2.21. The maximum atomic E-state index is 12.7. The molecule has 0 amide bonds. The third kappa shape index (κ3) is 3.87. The van der Waals surface area contributed by atoms with Crippen molar-refractivity contribution in [1.82, 2.24) is 5.32 Å². The highest BCUT2D eigenvalue weighted by molar-refractivity contribution is 4.91. The van der Waals surface area contributed by atoms with Crippen LogP contribution in [0.2, 0.25) is 0 Å². The smallest absolute Gasteiger partial charge is 0.303 e. The van der Waals surface area contributed by atoms with E-state index in [-0.39, 0.29) is 18.4 Å². The van der Waals surface area contributed by atoms with Gasteiger partial charge in [-0.15, -0.1) is 0 Å². The Morgan fingerprint density at radius 3 is 2.29 bits per heavy atom. The first kappa shape index (κ1) is 14.8. The first-order valence-electron chi connectivity index (χ1n) is 6.58. The second kappa shape index (κ2) is 5.59. The lowest BCUT2D eigenvalue weighted by Crippen LogP contribution is -2.55. The summed E-state index contributed by atoms with van der Waals surface area (Å²) >= 11 is 0.